The summed E-state index contributed by atoms with van der Waals surface area (Å²) < 4.78 is 0. The van der Waals surface area contributed by atoms with Gasteiger partial charge < -0.3 is 0 Å². The summed E-state index contributed by atoms with van der Waals surface area (Å²) in [5.74, 6) is 0. The normalized spacial score (nSPS) is 12.3. The van der Waals surface area contributed by atoms with Gasteiger partial charge in [0.2, 0.25) is 0 Å². The molecule has 0 bridgehead atoms. The standard InChI is InChI=1S/C68H46/c1-68(2,3)45-30-28-41(29-31-45)59-39-63(60-36-42-16-4-7-19-46(42)49-22-10-13-25-52(49)60)56-34-35-58-65(62-38-44-18-6-9-21-48(44)51-24-12-15-27-54(51)62)40-64(57-33-32-55(59)66(56)67(57)58)61-37-43-17-5-8-20-47(43)50-23-11-14-26-53(50)61/h4-40H,1-3H3. The molecule has 0 aliphatic carbocycles. The van der Waals surface area contributed by atoms with Crippen LogP contribution in [-0.2, 0) is 5.41 Å². The lowest BCUT2D eigenvalue weighted by Gasteiger charge is -2.24. The van der Waals surface area contributed by atoms with Gasteiger partial charge in [-0.1, -0.05) is 215 Å². The average molecular weight is 863 g/mol. The third-order valence-electron chi connectivity index (χ3n) is 15.1. The van der Waals surface area contributed by atoms with Gasteiger partial charge in [0.05, 0.1) is 0 Å². The van der Waals surface area contributed by atoms with Gasteiger partial charge >= 0.3 is 0 Å². The van der Waals surface area contributed by atoms with Gasteiger partial charge in [-0.2, -0.15) is 0 Å². The van der Waals surface area contributed by atoms with E-state index < -0.39 is 0 Å². The van der Waals surface area contributed by atoms with E-state index in [1.54, 1.807) is 0 Å². The van der Waals surface area contributed by atoms with E-state index in [-0.39, 0.29) is 5.41 Å². The van der Waals surface area contributed by atoms with E-state index in [1.807, 2.05) is 0 Å². The second kappa shape index (κ2) is 14.6. The molecule has 0 saturated carbocycles. The highest BCUT2D eigenvalue weighted by molar-refractivity contribution is 6.34. The maximum absolute atomic E-state index is 2.53. The van der Waals surface area contributed by atoms with Crippen molar-refractivity contribution in [3.8, 4) is 44.5 Å². The fourth-order valence-electron chi connectivity index (χ4n) is 11.9. The predicted octanol–water partition coefficient (Wildman–Crippen LogP) is 19.5. The Morgan fingerprint density at radius 2 is 0.500 bits per heavy atom. The Morgan fingerprint density at radius 3 is 0.853 bits per heavy atom. The van der Waals surface area contributed by atoms with Crippen LogP contribution in [0.5, 0.6) is 0 Å². The molecule has 14 aromatic carbocycles. The minimum Gasteiger partial charge on any atom is -0.0616 e. The van der Waals surface area contributed by atoms with E-state index in [1.165, 1.54) is 147 Å². The summed E-state index contributed by atoms with van der Waals surface area (Å²) in [6, 6.07) is 85.1. The van der Waals surface area contributed by atoms with E-state index >= 15 is 0 Å². The van der Waals surface area contributed by atoms with Crippen LogP contribution in [0.4, 0.5) is 0 Å². The summed E-state index contributed by atoms with van der Waals surface area (Å²) in [5.41, 5.74) is 11.4. The van der Waals surface area contributed by atoms with E-state index in [0.29, 0.717) is 0 Å². The Kier molecular flexibility index (Phi) is 8.35. The summed E-state index contributed by atoms with van der Waals surface area (Å²) in [6.45, 7) is 6.90. The molecule has 0 N–H and O–H groups in total. The van der Waals surface area contributed by atoms with Gasteiger partial charge in [-0.05, 0) is 183 Å². The third kappa shape index (κ3) is 5.74. The van der Waals surface area contributed by atoms with Crippen molar-refractivity contribution in [2.45, 2.75) is 26.2 Å². The monoisotopic (exact) mass is 862 g/mol. The molecule has 0 aromatic heterocycles. The highest BCUT2D eigenvalue weighted by Gasteiger charge is 2.24. The van der Waals surface area contributed by atoms with Crippen molar-refractivity contribution in [2.75, 3.05) is 0 Å². The second-order valence-electron chi connectivity index (χ2n) is 19.9. The van der Waals surface area contributed by atoms with Crippen LogP contribution >= 0.6 is 0 Å². The summed E-state index contributed by atoms with van der Waals surface area (Å²) in [7, 11) is 0. The molecule has 14 aromatic rings. The van der Waals surface area contributed by atoms with Crippen molar-refractivity contribution in [3.05, 3.63) is 230 Å². The first-order valence-electron chi connectivity index (χ1n) is 24.0. The first-order chi connectivity index (χ1) is 33.4. The molecule has 0 unspecified atom stereocenters. The largest absolute Gasteiger partial charge is 0.0616 e. The van der Waals surface area contributed by atoms with Crippen LogP contribution < -0.4 is 0 Å². The van der Waals surface area contributed by atoms with Gasteiger partial charge in [0.15, 0.2) is 0 Å². The van der Waals surface area contributed by atoms with Crippen LogP contribution in [-0.4, -0.2) is 0 Å². The molecule has 68 heavy (non-hydrogen) atoms. The Balaban J connectivity index is 1.19. The van der Waals surface area contributed by atoms with Crippen molar-refractivity contribution in [3.63, 3.8) is 0 Å². The Hall–Kier alpha value is -8.32. The number of fused-ring (bicyclic) bond motifs is 9. The van der Waals surface area contributed by atoms with Crippen LogP contribution in [0.3, 0.4) is 0 Å². The SMILES string of the molecule is CC(C)(C)c1ccc(-c2cc(-c3cc4ccccc4c4ccccc34)c3ccc4c(-c5cc6ccccc6c6ccccc56)cc(-c5cc6ccccc6c6ccccc56)c5ccc2c3c54)cc1. The lowest BCUT2D eigenvalue weighted by Crippen LogP contribution is -2.10. The van der Waals surface area contributed by atoms with Gasteiger partial charge in [0.1, 0.15) is 0 Å². The zero-order valence-electron chi connectivity index (χ0n) is 38.4. The summed E-state index contributed by atoms with van der Waals surface area (Å²) in [6.07, 6.45) is 0. The number of hydrogen-bond acceptors (Lipinski definition) is 0. The molecule has 0 fully saturated rings. The second-order valence-corrected chi connectivity index (χ2v) is 19.9. The van der Waals surface area contributed by atoms with Crippen LogP contribution in [0.15, 0.2) is 224 Å². The van der Waals surface area contributed by atoms with Crippen molar-refractivity contribution in [1.82, 2.24) is 0 Å². The van der Waals surface area contributed by atoms with Gasteiger partial charge in [-0.15, -0.1) is 0 Å². The lowest BCUT2D eigenvalue weighted by atomic mass is 9.79. The maximum atomic E-state index is 2.53. The fourth-order valence-corrected chi connectivity index (χ4v) is 11.9. The highest BCUT2D eigenvalue weighted by Crippen LogP contribution is 2.52. The molecule has 0 nitrogen and oxygen atoms in total. The van der Waals surface area contributed by atoms with Gasteiger partial charge in [-0.3, -0.25) is 0 Å². The molecule has 0 aliphatic heterocycles. The summed E-state index contributed by atoms with van der Waals surface area (Å²) in [4.78, 5) is 0. The molecule has 0 saturated heterocycles. The summed E-state index contributed by atoms with van der Waals surface area (Å²) >= 11 is 0. The van der Waals surface area contributed by atoms with Crippen molar-refractivity contribution in [2.24, 2.45) is 0 Å². The average Bonchev–Trinajstić information content (AvgIpc) is 3.39. The topological polar surface area (TPSA) is 0 Å². The molecule has 14 rings (SSSR count). The smallest absolute Gasteiger partial charge is 0.00139 e. The van der Waals surface area contributed by atoms with Gasteiger partial charge in [-0.25, -0.2) is 0 Å². The van der Waals surface area contributed by atoms with Crippen molar-refractivity contribution in [1.29, 1.82) is 0 Å². The Morgan fingerprint density at radius 1 is 0.221 bits per heavy atom. The molecule has 0 spiro atoms. The maximum Gasteiger partial charge on any atom is -0.00139 e. The van der Waals surface area contributed by atoms with E-state index in [2.05, 4.69) is 245 Å². The molecule has 0 atom stereocenters. The van der Waals surface area contributed by atoms with Crippen LogP contribution in [0.1, 0.15) is 26.3 Å². The fraction of sp³-hybridized carbons (Fsp3) is 0.0588. The number of hydrogen-bond donors (Lipinski definition) is 0. The van der Waals surface area contributed by atoms with E-state index in [4.69, 9.17) is 0 Å². The first-order valence-corrected chi connectivity index (χ1v) is 24.0. The first kappa shape index (κ1) is 38.9. The van der Waals surface area contributed by atoms with Crippen LogP contribution in [0.2, 0.25) is 0 Å². The number of benzene rings is 14. The third-order valence-corrected chi connectivity index (χ3v) is 15.1. The molecule has 0 heteroatoms. The van der Waals surface area contributed by atoms with Crippen LogP contribution in [0, 0.1) is 0 Å². The molecule has 0 amide bonds. The lowest BCUT2D eigenvalue weighted by molar-refractivity contribution is 0.590. The minimum absolute atomic E-state index is 0.0447. The Labute approximate surface area is 395 Å². The van der Waals surface area contributed by atoms with E-state index in [9.17, 15) is 0 Å². The van der Waals surface area contributed by atoms with E-state index in [0.717, 1.165) is 0 Å². The molecular weight excluding hydrogens is 817 g/mol. The molecule has 0 radical (unpaired) electrons. The minimum atomic E-state index is 0.0447. The molecule has 318 valence electrons. The molecule has 0 heterocycles. The van der Waals surface area contributed by atoms with Gasteiger partial charge in [0.25, 0.3) is 0 Å². The van der Waals surface area contributed by atoms with Crippen LogP contribution in [0.25, 0.3) is 141 Å². The van der Waals surface area contributed by atoms with Gasteiger partial charge in [0, 0.05) is 0 Å². The zero-order valence-corrected chi connectivity index (χ0v) is 38.4. The zero-order chi connectivity index (χ0) is 45.3. The van der Waals surface area contributed by atoms with Crippen molar-refractivity contribution >= 4 is 97.0 Å². The summed E-state index contributed by atoms with van der Waals surface area (Å²) in [5, 5.41) is 22.9. The predicted molar refractivity (Wildman–Crippen MR) is 296 cm³/mol. The molecular formula is C68H46. The quantitative estimate of drug-likeness (QED) is 0.155. The highest BCUT2D eigenvalue weighted by atomic mass is 14.3. The number of rotatable bonds is 4. The van der Waals surface area contributed by atoms with Crippen molar-refractivity contribution < 1.29 is 0 Å². The molecule has 0 aliphatic rings. The Bertz CT molecular complexity index is 4250.